The summed E-state index contributed by atoms with van der Waals surface area (Å²) in [7, 11) is -3.29. The minimum atomic E-state index is -3.29. The summed E-state index contributed by atoms with van der Waals surface area (Å²) in [6.07, 6.45) is 2.56. The Morgan fingerprint density at radius 1 is 1.29 bits per heavy atom. The van der Waals surface area contributed by atoms with Gasteiger partial charge in [-0.15, -0.1) is 0 Å². The standard InChI is InChI=1S/C13H25N3O4S/c1-9(2)12(14-10(3)17)13(18)16-7-5-6-11(8-16)15-21(4,19)20/h9,11-12,15H,5-8H2,1-4H3,(H,14,17)/t11-,12+/m0/s1. The van der Waals surface area contributed by atoms with Crippen molar-refractivity contribution in [3.05, 3.63) is 0 Å². The lowest BCUT2D eigenvalue weighted by Crippen LogP contribution is -2.56. The number of carbonyl (C=O) groups excluding carboxylic acids is 2. The van der Waals surface area contributed by atoms with Crippen molar-refractivity contribution in [3.63, 3.8) is 0 Å². The van der Waals surface area contributed by atoms with Gasteiger partial charge in [-0.05, 0) is 18.8 Å². The molecule has 0 aromatic heterocycles. The summed E-state index contributed by atoms with van der Waals surface area (Å²) in [5.74, 6) is -0.422. The van der Waals surface area contributed by atoms with Crippen molar-refractivity contribution < 1.29 is 18.0 Å². The van der Waals surface area contributed by atoms with Crippen molar-refractivity contribution in [2.75, 3.05) is 19.3 Å². The first kappa shape index (κ1) is 17.9. The monoisotopic (exact) mass is 319 g/mol. The van der Waals surface area contributed by atoms with Crippen LogP contribution in [0, 0.1) is 5.92 Å². The van der Waals surface area contributed by atoms with E-state index in [4.69, 9.17) is 0 Å². The predicted molar refractivity (Wildman–Crippen MR) is 80.0 cm³/mol. The predicted octanol–water partition coefficient (Wildman–Crippen LogP) is -0.313. The lowest BCUT2D eigenvalue weighted by molar-refractivity contribution is -0.138. The lowest BCUT2D eigenvalue weighted by Gasteiger charge is -2.36. The summed E-state index contributed by atoms with van der Waals surface area (Å²) in [6, 6.07) is -0.831. The summed E-state index contributed by atoms with van der Waals surface area (Å²) >= 11 is 0. The first-order valence-corrected chi connectivity index (χ1v) is 9.02. The van der Waals surface area contributed by atoms with Crippen molar-refractivity contribution in [3.8, 4) is 0 Å². The van der Waals surface area contributed by atoms with Crippen LogP contribution in [0.2, 0.25) is 0 Å². The SMILES string of the molecule is CC(=O)N[C@@H](C(=O)N1CCC[C@H](NS(C)(=O)=O)C1)C(C)C. The zero-order valence-corrected chi connectivity index (χ0v) is 13.9. The van der Waals surface area contributed by atoms with Crippen LogP contribution >= 0.6 is 0 Å². The van der Waals surface area contributed by atoms with Gasteiger partial charge in [0.2, 0.25) is 21.8 Å². The number of likely N-dealkylation sites (tertiary alicyclic amines) is 1. The molecule has 0 aromatic carbocycles. The van der Waals surface area contributed by atoms with Gasteiger partial charge in [0.05, 0.1) is 6.26 Å². The second-order valence-electron chi connectivity index (χ2n) is 5.94. The van der Waals surface area contributed by atoms with E-state index >= 15 is 0 Å². The number of nitrogens with zero attached hydrogens (tertiary/aromatic N) is 1. The molecule has 2 amide bonds. The molecule has 1 aliphatic heterocycles. The Hall–Kier alpha value is -1.15. The molecule has 1 aliphatic rings. The molecule has 1 saturated heterocycles. The minimum absolute atomic E-state index is 0.0235. The molecule has 0 aliphatic carbocycles. The number of carbonyl (C=O) groups is 2. The quantitative estimate of drug-likeness (QED) is 0.726. The summed E-state index contributed by atoms with van der Waals surface area (Å²) in [6.45, 7) is 6.05. The maximum atomic E-state index is 12.5. The van der Waals surface area contributed by atoms with Crippen molar-refractivity contribution in [1.82, 2.24) is 14.9 Å². The number of sulfonamides is 1. The third-order valence-corrected chi connectivity index (χ3v) is 4.17. The Labute approximate surface area is 126 Å². The summed E-state index contributed by atoms with van der Waals surface area (Å²) in [5, 5.41) is 2.67. The topological polar surface area (TPSA) is 95.6 Å². The van der Waals surface area contributed by atoms with Crippen molar-refractivity contribution in [1.29, 1.82) is 0 Å². The van der Waals surface area contributed by atoms with Gasteiger partial charge in [0.15, 0.2) is 0 Å². The van der Waals surface area contributed by atoms with Crippen LogP contribution in [-0.2, 0) is 19.6 Å². The van der Waals surface area contributed by atoms with Gasteiger partial charge in [0.25, 0.3) is 0 Å². The number of hydrogen-bond donors (Lipinski definition) is 2. The van der Waals surface area contributed by atoms with Gasteiger partial charge in [0.1, 0.15) is 6.04 Å². The molecule has 0 unspecified atom stereocenters. The average Bonchev–Trinajstić information content (AvgIpc) is 2.33. The molecule has 0 saturated carbocycles. The fourth-order valence-electron chi connectivity index (χ4n) is 2.51. The smallest absolute Gasteiger partial charge is 0.245 e. The maximum absolute atomic E-state index is 12.5. The molecular weight excluding hydrogens is 294 g/mol. The molecular formula is C13H25N3O4S. The van der Waals surface area contributed by atoms with Gasteiger partial charge < -0.3 is 10.2 Å². The Morgan fingerprint density at radius 3 is 2.38 bits per heavy atom. The highest BCUT2D eigenvalue weighted by atomic mass is 32.2. The fraction of sp³-hybridized carbons (Fsp3) is 0.846. The normalized spacial score (nSPS) is 21.2. The number of rotatable bonds is 5. The number of piperidine rings is 1. The van der Waals surface area contributed by atoms with E-state index < -0.39 is 16.1 Å². The van der Waals surface area contributed by atoms with E-state index in [1.807, 2.05) is 13.8 Å². The minimum Gasteiger partial charge on any atom is -0.344 e. The van der Waals surface area contributed by atoms with E-state index in [-0.39, 0.29) is 23.8 Å². The number of nitrogens with one attached hydrogen (secondary N) is 2. The summed E-state index contributed by atoms with van der Waals surface area (Å²) in [5.41, 5.74) is 0. The number of hydrogen-bond acceptors (Lipinski definition) is 4. The highest BCUT2D eigenvalue weighted by Crippen LogP contribution is 2.14. The van der Waals surface area contributed by atoms with Crippen molar-refractivity contribution >= 4 is 21.8 Å². The maximum Gasteiger partial charge on any atom is 0.245 e. The second-order valence-corrected chi connectivity index (χ2v) is 7.72. The molecule has 0 bridgehead atoms. The van der Waals surface area contributed by atoms with E-state index in [0.717, 1.165) is 12.7 Å². The summed E-state index contributed by atoms with van der Waals surface area (Å²) < 4.78 is 25.1. The van der Waals surface area contributed by atoms with Crippen LogP contribution in [-0.4, -0.2) is 56.6 Å². The van der Waals surface area contributed by atoms with Crippen molar-refractivity contribution in [2.45, 2.75) is 45.7 Å². The first-order valence-electron chi connectivity index (χ1n) is 7.13. The highest BCUT2D eigenvalue weighted by molar-refractivity contribution is 7.88. The van der Waals surface area contributed by atoms with E-state index in [2.05, 4.69) is 10.0 Å². The Morgan fingerprint density at radius 2 is 1.90 bits per heavy atom. The van der Waals surface area contributed by atoms with Crippen LogP contribution in [0.15, 0.2) is 0 Å². The molecule has 2 atom stereocenters. The molecule has 8 heteroatoms. The van der Waals surface area contributed by atoms with Gasteiger partial charge in [0, 0.05) is 26.1 Å². The molecule has 2 N–H and O–H groups in total. The first-order chi connectivity index (χ1) is 9.60. The van der Waals surface area contributed by atoms with Gasteiger partial charge in [-0.3, -0.25) is 9.59 Å². The van der Waals surface area contributed by atoms with Gasteiger partial charge in [-0.2, -0.15) is 0 Å². The third kappa shape index (κ3) is 6.01. The van der Waals surface area contributed by atoms with Crippen LogP contribution < -0.4 is 10.0 Å². The third-order valence-electron chi connectivity index (χ3n) is 3.41. The van der Waals surface area contributed by atoms with Crippen LogP contribution in [0.1, 0.15) is 33.6 Å². The largest absolute Gasteiger partial charge is 0.344 e. The van der Waals surface area contributed by atoms with Gasteiger partial charge in [-0.1, -0.05) is 13.8 Å². The van der Waals surface area contributed by atoms with Crippen molar-refractivity contribution in [2.24, 2.45) is 5.92 Å². The highest BCUT2D eigenvalue weighted by Gasteiger charge is 2.31. The van der Waals surface area contributed by atoms with E-state index in [0.29, 0.717) is 19.5 Å². The molecule has 0 aromatic rings. The molecule has 21 heavy (non-hydrogen) atoms. The molecule has 0 radical (unpaired) electrons. The summed E-state index contributed by atoms with van der Waals surface area (Å²) in [4.78, 5) is 25.4. The van der Waals surface area contributed by atoms with E-state index in [9.17, 15) is 18.0 Å². The zero-order valence-electron chi connectivity index (χ0n) is 13.0. The Bertz CT molecular complexity index is 490. The molecule has 1 fully saturated rings. The Balaban J connectivity index is 2.73. The van der Waals surface area contributed by atoms with Gasteiger partial charge >= 0.3 is 0 Å². The van der Waals surface area contributed by atoms with Crippen LogP contribution in [0.4, 0.5) is 0 Å². The van der Waals surface area contributed by atoms with E-state index in [1.165, 1.54) is 6.92 Å². The second kappa shape index (κ2) is 7.22. The average molecular weight is 319 g/mol. The van der Waals surface area contributed by atoms with E-state index in [1.54, 1.807) is 4.90 Å². The van der Waals surface area contributed by atoms with Crippen LogP contribution in [0.5, 0.6) is 0 Å². The molecule has 1 rings (SSSR count). The zero-order chi connectivity index (χ0) is 16.2. The molecule has 0 spiro atoms. The molecule has 122 valence electrons. The molecule has 7 nitrogen and oxygen atoms in total. The number of amides is 2. The fourth-order valence-corrected chi connectivity index (χ4v) is 3.30. The van der Waals surface area contributed by atoms with Crippen LogP contribution in [0.3, 0.4) is 0 Å². The molecule has 1 heterocycles. The van der Waals surface area contributed by atoms with Crippen LogP contribution in [0.25, 0.3) is 0 Å². The van der Waals surface area contributed by atoms with Gasteiger partial charge in [-0.25, -0.2) is 13.1 Å². The Kier molecular flexibility index (Phi) is 6.15. The lowest BCUT2D eigenvalue weighted by atomic mass is 10.00.